The molecule has 7 rings (SSSR count). The van der Waals surface area contributed by atoms with Crippen LogP contribution < -0.4 is 11.0 Å². The fraction of sp³-hybridized carbons (Fsp3) is 0.345. The lowest BCUT2D eigenvalue weighted by Crippen LogP contribution is -2.33. The predicted molar refractivity (Wildman–Crippen MR) is 156 cm³/mol. The van der Waals surface area contributed by atoms with Gasteiger partial charge in [0.2, 0.25) is 5.95 Å². The number of halogens is 3. The number of carbonyl (C=O) groups is 1. The number of aromatic nitrogens is 8. The number of ether oxygens (including phenoxy) is 1. The standard InChI is InChI=1S/C29H28F3N9O3/c1-38-12-18(26(32)37-38)24-22(14-4-7-19-15(8-14)10-34-40(19)13-21(30)31)23-25-20(11-33-27(23)36-24)39(2)29(43)41(25)17-6-5-16(9-17)35-28(42)44-3/h4,7-8,10-12,16-17,21H,5-6,9,13H2,1-3H3,(H,33,36)(H,35,42)/t16-,17-/m1/s1. The Bertz CT molecular complexity index is 2140. The molecule has 2 atom stereocenters. The summed E-state index contributed by atoms with van der Waals surface area (Å²) in [6, 6.07) is 4.86. The first-order valence-corrected chi connectivity index (χ1v) is 14.0. The molecule has 1 saturated carbocycles. The van der Waals surface area contributed by atoms with Gasteiger partial charge in [-0.1, -0.05) is 6.07 Å². The average molecular weight is 608 g/mol. The Morgan fingerprint density at radius 1 is 1.20 bits per heavy atom. The van der Waals surface area contributed by atoms with Crippen molar-refractivity contribution in [1.29, 1.82) is 0 Å². The van der Waals surface area contributed by atoms with E-state index in [1.54, 1.807) is 49.3 Å². The molecule has 0 radical (unpaired) electrons. The van der Waals surface area contributed by atoms with Crippen molar-refractivity contribution in [2.45, 2.75) is 44.3 Å². The highest BCUT2D eigenvalue weighted by Gasteiger charge is 2.32. The number of methoxy groups -OCH3 is 1. The van der Waals surface area contributed by atoms with E-state index in [2.05, 4.69) is 25.5 Å². The van der Waals surface area contributed by atoms with Crippen molar-refractivity contribution in [2.75, 3.05) is 7.11 Å². The SMILES string of the molecule is COC(=O)N[C@@H]1CC[C@@H](n2c(=O)n(C)c3cnc4[nH]c(-c5cn(C)nc5F)c(-c5ccc6c(cnn6CC(F)F)c5)c4c32)C1. The van der Waals surface area contributed by atoms with E-state index in [1.165, 1.54) is 27.2 Å². The highest BCUT2D eigenvalue weighted by molar-refractivity contribution is 6.14. The van der Waals surface area contributed by atoms with Crippen LogP contribution in [0.5, 0.6) is 0 Å². The van der Waals surface area contributed by atoms with Gasteiger partial charge in [-0.2, -0.15) is 9.49 Å². The maximum atomic E-state index is 15.2. The number of pyridine rings is 1. The third-order valence-corrected chi connectivity index (χ3v) is 8.44. The van der Waals surface area contributed by atoms with Gasteiger partial charge < -0.3 is 15.0 Å². The van der Waals surface area contributed by atoms with Gasteiger partial charge in [0.15, 0.2) is 0 Å². The van der Waals surface area contributed by atoms with Gasteiger partial charge in [-0.3, -0.25) is 18.5 Å². The Kier molecular flexibility index (Phi) is 6.48. The first-order valence-electron chi connectivity index (χ1n) is 14.0. The molecule has 5 aromatic heterocycles. The van der Waals surface area contributed by atoms with Crippen LogP contribution in [0.3, 0.4) is 0 Å². The van der Waals surface area contributed by atoms with Crippen molar-refractivity contribution in [1.82, 2.24) is 44.0 Å². The molecule has 0 aliphatic heterocycles. The number of aromatic amines is 1. The number of alkyl carbamates (subject to hydrolysis) is 1. The lowest BCUT2D eigenvalue weighted by Gasteiger charge is -2.15. The van der Waals surface area contributed by atoms with Gasteiger partial charge in [-0.15, -0.1) is 5.10 Å². The number of rotatable bonds is 6. The molecule has 1 aliphatic carbocycles. The summed E-state index contributed by atoms with van der Waals surface area (Å²) < 4.78 is 52.2. The lowest BCUT2D eigenvalue weighted by atomic mass is 9.98. The minimum atomic E-state index is -2.57. The second-order valence-electron chi connectivity index (χ2n) is 11.1. The van der Waals surface area contributed by atoms with Crippen molar-refractivity contribution in [3.63, 3.8) is 0 Å². The number of nitrogens with one attached hydrogen (secondary N) is 2. The van der Waals surface area contributed by atoms with Crippen LogP contribution in [0.4, 0.5) is 18.0 Å². The summed E-state index contributed by atoms with van der Waals surface area (Å²) in [4.78, 5) is 33.6. The minimum absolute atomic E-state index is 0.176. The molecule has 1 aliphatic rings. The Hall–Kier alpha value is -5.08. The van der Waals surface area contributed by atoms with Gasteiger partial charge in [-0.25, -0.2) is 23.4 Å². The fourth-order valence-electron chi connectivity index (χ4n) is 6.50. The summed E-state index contributed by atoms with van der Waals surface area (Å²) in [7, 11) is 4.59. The predicted octanol–water partition coefficient (Wildman–Crippen LogP) is 4.49. The number of H-pyrrole nitrogens is 1. The van der Waals surface area contributed by atoms with E-state index in [1.807, 2.05) is 0 Å². The Balaban J connectivity index is 1.49. The number of benzene rings is 1. The number of hydrogen-bond acceptors (Lipinski definition) is 6. The highest BCUT2D eigenvalue weighted by atomic mass is 19.3. The second kappa shape index (κ2) is 10.3. The van der Waals surface area contributed by atoms with Gasteiger partial charge in [0.05, 0.1) is 52.7 Å². The molecule has 5 heterocycles. The molecule has 1 fully saturated rings. The number of alkyl halides is 2. The number of hydrogen-bond donors (Lipinski definition) is 2. The van der Waals surface area contributed by atoms with Crippen molar-refractivity contribution < 1.29 is 22.7 Å². The van der Waals surface area contributed by atoms with Crippen LogP contribution in [0.2, 0.25) is 0 Å². The summed E-state index contributed by atoms with van der Waals surface area (Å²) in [6.07, 6.45) is 3.37. The van der Waals surface area contributed by atoms with E-state index in [0.29, 0.717) is 69.1 Å². The number of fused-ring (bicyclic) bond motifs is 4. The van der Waals surface area contributed by atoms with Crippen LogP contribution in [0.15, 0.2) is 41.6 Å². The molecule has 12 nitrogen and oxygen atoms in total. The maximum Gasteiger partial charge on any atom is 0.407 e. The van der Waals surface area contributed by atoms with Crippen LogP contribution >= 0.6 is 0 Å². The first kappa shape index (κ1) is 27.7. The van der Waals surface area contributed by atoms with Crippen LogP contribution in [0.1, 0.15) is 25.3 Å². The van der Waals surface area contributed by atoms with E-state index in [0.717, 1.165) is 0 Å². The normalized spacial score (nSPS) is 17.1. The number of nitrogens with zero attached hydrogens (tertiary/aromatic N) is 7. The molecule has 0 saturated heterocycles. The number of amides is 1. The molecule has 2 N–H and O–H groups in total. The molecule has 0 spiro atoms. The van der Waals surface area contributed by atoms with Crippen molar-refractivity contribution in [3.8, 4) is 22.4 Å². The summed E-state index contributed by atoms with van der Waals surface area (Å²) in [6.45, 7) is -0.546. The molecule has 6 aromatic rings. The molecule has 1 amide bonds. The van der Waals surface area contributed by atoms with E-state index in [9.17, 15) is 18.4 Å². The van der Waals surface area contributed by atoms with Gasteiger partial charge in [0.1, 0.15) is 12.2 Å². The molecule has 0 bridgehead atoms. The largest absolute Gasteiger partial charge is 0.453 e. The highest BCUT2D eigenvalue weighted by Crippen LogP contribution is 2.43. The molecule has 44 heavy (non-hydrogen) atoms. The zero-order valence-corrected chi connectivity index (χ0v) is 24.0. The first-order chi connectivity index (χ1) is 21.1. The van der Waals surface area contributed by atoms with Gasteiger partial charge in [-0.05, 0) is 37.0 Å². The molecule has 1 aromatic carbocycles. The topological polar surface area (TPSA) is 130 Å². The summed E-state index contributed by atoms with van der Waals surface area (Å²) in [5.74, 6) is -0.694. The summed E-state index contributed by atoms with van der Waals surface area (Å²) >= 11 is 0. The minimum Gasteiger partial charge on any atom is -0.453 e. The zero-order chi connectivity index (χ0) is 30.9. The Morgan fingerprint density at radius 3 is 2.75 bits per heavy atom. The second-order valence-corrected chi connectivity index (χ2v) is 11.1. The summed E-state index contributed by atoms with van der Waals surface area (Å²) in [5, 5.41) is 12.1. The van der Waals surface area contributed by atoms with Crippen molar-refractivity contribution >= 4 is 39.1 Å². The van der Waals surface area contributed by atoms with Crippen molar-refractivity contribution in [2.24, 2.45) is 14.1 Å². The Morgan fingerprint density at radius 2 is 2.02 bits per heavy atom. The van der Waals surface area contributed by atoms with Crippen molar-refractivity contribution in [3.05, 3.63) is 53.2 Å². The molecular formula is C29H28F3N9O3. The van der Waals surface area contributed by atoms with Crippen LogP contribution in [0.25, 0.3) is 55.4 Å². The van der Waals surface area contributed by atoms with Gasteiger partial charge in [0, 0.05) is 43.3 Å². The smallest absolute Gasteiger partial charge is 0.407 e. The monoisotopic (exact) mass is 607 g/mol. The number of carbonyl (C=O) groups excluding carboxylic acids is 1. The Labute approximate surface area is 247 Å². The third kappa shape index (κ3) is 4.33. The van der Waals surface area contributed by atoms with Gasteiger partial charge in [0.25, 0.3) is 6.43 Å². The number of aryl methyl sites for hydroxylation is 2. The van der Waals surface area contributed by atoms with Crippen LogP contribution in [-0.4, -0.2) is 64.3 Å². The molecular weight excluding hydrogens is 579 g/mol. The number of imidazole rings is 1. The average Bonchev–Trinajstić information content (AvgIpc) is 3.80. The summed E-state index contributed by atoms with van der Waals surface area (Å²) in [5.41, 5.74) is 3.74. The molecule has 15 heteroatoms. The molecule has 0 unspecified atom stereocenters. The molecule has 228 valence electrons. The van der Waals surface area contributed by atoms with E-state index in [4.69, 9.17) is 4.74 Å². The zero-order valence-electron chi connectivity index (χ0n) is 24.0. The van der Waals surface area contributed by atoms with Gasteiger partial charge >= 0.3 is 11.8 Å². The van der Waals surface area contributed by atoms with E-state index < -0.39 is 25.0 Å². The quantitative estimate of drug-likeness (QED) is 0.287. The van der Waals surface area contributed by atoms with Crippen LogP contribution in [-0.2, 0) is 25.4 Å². The third-order valence-electron chi connectivity index (χ3n) is 8.44. The lowest BCUT2D eigenvalue weighted by molar-refractivity contribution is 0.123. The van der Waals surface area contributed by atoms with Crippen LogP contribution in [0, 0.1) is 5.95 Å². The maximum absolute atomic E-state index is 15.2. The fourth-order valence-corrected chi connectivity index (χ4v) is 6.50. The van der Waals surface area contributed by atoms with E-state index >= 15 is 4.39 Å². The van der Waals surface area contributed by atoms with E-state index in [-0.39, 0.29) is 23.3 Å².